The van der Waals surface area contributed by atoms with Gasteiger partial charge in [0, 0.05) is 10.0 Å². The zero-order valence-electron chi connectivity index (χ0n) is 14.5. The fourth-order valence-corrected chi connectivity index (χ4v) is 4.05. The zero-order chi connectivity index (χ0) is 18.7. The van der Waals surface area contributed by atoms with Crippen LogP contribution < -0.4 is 4.74 Å². The highest BCUT2D eigenvalue weighted by Gasteiger charge is 2.36. The number of hydrogen-bond donors (Lipinski definition) is 1. The Hall–Kier alpha value is -1.92. The Morgan fingerprint density at radius 2 is 2.12 bits per heavy atom. The van der Waals surface area contributed by atoms with E-state index in [9.17, 15) is 14.3 Å². The molecule has 2 atom stereocenters. The first-order valence-electron chi connectivity index (χ1n) is 8.58. The molecule has 1 fully saturated rings. The number of piperidine rings is 1. The number of nitrogens with zero attached hydrogens (tertiary/aromatic N) is 1. The smallest absolute Gasteiger partial charge is 0.320 e. The molecule has 1 saturated heterocycles. The van der Waals surface area contributed by atoms with Crippen LogP contribution in [0.1, 0.15) is 36.4 Å². The maximum atomic E-state index is 14.0. The molecule has 4 nitrogen and oxygen atoms in total. The number of likely N-dealkylation sites (tertiary alicyclic amines) is 1. The van der Waals surface area contributed by atoms with Crippen LogP contribution >= 0.6 is 15.9 Å². The van der Waals surface area contributed by atoms with Gasteiger partial charge in [0.1, 0.15) is 17.6 Å². The van der Waals surface area contributed by atoms with Crippen molar-refractivity contribution in [1.82, 2.24) is 4.90 Å². The fourth-order valence-electron chi connectivity index (χ4n) is 3.67. The highest BCUT2D eigenvalue weighted by Crippen LogP contribution is 2.39. The van der Waals surface area contributed by atoms with Crippen molar-refractivity contribution in [1.29, 1.82) is 0 Å². The maximum absolute atomic E-state index is 14.0. The molecule has 0 aliphatic carbocycles. The van der Waals surface area contributed by atoms with E-state index in [4.69, 9.17) is 4.74 Å². The Kier molecular flexibility index (Phi) is 5.94. The molecule has 0 radical (unpaired) electrons. The summed E-state index contributed by atoms with van der Waals surface area (Å²) in [6.07, 6.45) is 2.36. The third-order valence-corrected chi connectivity index (χ3v) is 5.30. The summed E-state index contributed by atoms with van der Waals surface area (Å²) >= 11 is 3.48. The summed E-state index contributed by atoms with van der Waals surface area (Å²) in [6, 6.07) is 11.0. The summed E-state index contributed by atoms with van der Waals surface area (Å²) in [7, 11) is 1.58. The van der Waals surface area contributed by atoms with Crippen LogP contribution in [0.3, 0.4) is 0 Å². The van der Waals surface area contributed by atoms with Crippen molar-refractivity contribution in [3.8, 4) is 5.75 Å². The van der Waals surface area contributed by atoms with Crippen molar-refractivity contribution in [2.75, 3.05) is 13.7 Å². The number of carboxylic acid groups (broad SMARTS) is 1. The lowest BCUT2D eigenvalue weighted by Gasteiger charge is -2.40. The van der Waals surface area contributed by atoms with Gasteiger partial charge in [0.15, 0.2) is 0 Å². The standard InChI is InChI=1S/C20H21BrFNO3/c1-26-18-9-8-14(21)12-16(18)19(13-5-4-6-15(22)11-13)23-10-3-2-7-17(23)20(24)25/h4-6,8-9,11-12,17,19H,2-3,7,10H2,1H3,(H,24,25). The molecule has 1 N–H and O–H groups in total. The van der Waals surface area contributed by atoms with Gasteiger partial charge < -0.3 is 9.84 Å². The highest BCUT2D eigenvalue weighted by atomic mass is 79.9. The Labute approximate surface area is 160 Å². The minimum absolute atomic E-state index is 0.342. The summed E-state index contributed by atoms with van der Waals surface area (Å²) in [5.74, 6) is -0.539. The maximum Gasteiger partial charge on any atom is 0.320 e. The van der Waals surface area contributed by atoms with Crippen molar-refractivity contribution >= 4 is 21.9 Å². The van der Waals surface area contributed by atoms with Gasteiger partial charge in [-0.15, -0.1) is 0 Å². The van der Waals surface area contributed by atoms with Crippen molar-refractivity contribution < 1.29 is 19.0 Å². The van der Waals surface area contributed by atoms with E-state index in [-0.39, 0.29) is 5.82 Å². The van der Waals surface area contributed by atoms with Gasteiger partial charge in [-0.05, 0) is 55.3 Å². The normalized spacial score (nSPS) is 19.1. The topological polar surface area (TPSA) is 49.8 Å². The lowest BCUT2D eigenvalue weighted by atomic mass is 9.91. The van der Waals surface area contributed by atoms with E-state index in [0.29, 0.717) is 18.7 Å². The number of hydrogen-bond acceptors (Lipinski definition) is 3. The minimum atomic E-state index is -0.847. The number of carboxylic acids is 1. The fraction of sp³-hybridized carbons (Fsp3) is 0.350. The van der Waals surface area contributed by atoms with Gasteiger partial charge in [0.25, 0.3) is 0 Å². The molecule has 6 heteroatoms. The third-order valence-electron chi connectivity index (χ3n) is 4.81. The molecule has 26 heavy (non-hydrogen) atoms. The zero-order valence-corrected chi connectivity index (χ0v) is 16.1. The van der Waals surface area contributed by atoms with Gasteiger partial charge >= 0.3 is 5.97 Å². The van der Waals surface area contributed by atoms with Gasteiger partial charge in [0.05, 0.1) is 13.2 Å². The largest absolute Gasteiger partial charge is 0.496 e. The Morgan fingerprint density at radius 3 is 2.81 bits per heavy atom. The number of carbonyl (C=O) groups is 1. The molecule has 2 unspecified atom stereocenters. The molecule has 1 aliphatic rings. The average molecular weight is 422 g/mol. The van der Waals surface area contributed by atoms with Crippen LogP contribution in [0.4, 0.5) is 4.39 Å². The van der Waals surface area contributed by atoms with Crippen LogP contribution in [0.15, 0.2) is 46.9 Å². The summed E-state index contributed by atoms with van der Waals surface area (Å²) in [4.78, 5) is 13.8. The quantitative estimate of drug-likeness (QED) is 0.764. The molecule has 0 aromatic heterocycles. The second kappa shape index (κ2) is 8.18. The first-order valence-corrected chi connectivity index (χ1v) is 9.38. The summed E-state index contributed by atoms with van der Waals surface area (Å²) in [5, 5.41) is 9.73. The van der Waals surface area contributed by atoms with Crippen molar-refractivity contribution in [2.24, 2.45) is 0 Å². The molecule has 2 aromatic rings. The molecule has 0 saturated carbocycles. The monoisotopic (exact) mass is 421 g/mol. The predicted octanol–water partition coefficient (Wildman–Crippen LogP) is 4.63. The SMILES string of the molecule is COc1ccc(Br)cc1C(c1cccc(F)c1)N1CCCCC1C(=O)O. The Morgan fingerprint density at radius 1 is 1.31 bits per heavy atom. The molecular weight excluding hydrogens is 401 g/mol. The van der Waals surface area contributed by atoms with E-state index >= 15 is 0 Å². The molecule has 138 valence electrons. The van der Waals surface area contributed by atoms with Crippen LogP contribution in [0, 0.1) is 5.82 Å². The van der Waals surface area contributed by atoms with Crippen LogP contribution in [0.5, 0.6) is 5.75 Å². The summed E-state index contributed by atoms with van der Waals surface area (Å²) in [5.41, 5.74) is 1.54. The first-order chi connectivity index (χ1) is 12.5. The molecule has 1 aliphatic heterocycles. The van der Waals surface area contributed by atoms with Crippen molar-refractivity contribution in [3.05, 3.63) is 63.9 Å². The van der Waals surface area contributed by atoms with Gasteiger partial charge in [-0.3, -0.25) is 9.69 Å². The minimum Gasteiger partial charge on any atom is -0.496 e. The Balaban J connectivity index is 2.17. The van der Waals surface area contributed by atoms with Crippen LogP contribution in [-0.4, -0.2) is 35.7 Å². The number of methoxy groups -OCH3 is 1. The number of ether oxygens (including phenoxy) is 1. The van der Waals surface area contributed by atoms with Crippen molar-refractivity contribution in [2.45, 2.75) is 31.3 Å². The molecule has 1 heterocycles. The molecule has 2 aromatic carbocycles. The molecule has 0 spiro atoms. The summed E-state index contributed by atoms with van der Waals surface area (Å²) < 4.78 is 20.3. The number of rotatable bonds is 5. The van der Waals surface area contributed by atoms with Crippen LogP contribution in [0.25, 0.3) is 0 Å². The lowest BCUT2D eigenvalue weighted by molar-refractivity contribution is -0.145. The van der Waals surface area contributed by atoms with Crippen LogP contribution in [-0.2, 0) is 4.79 Å². The van der Waals surface area contributed by atoms with E-state index < -0.39 is 18.1 Å². The van der Waals surface area contributed by atoms with Gasteiger partial charge in [0.2, 0.25) is 0 Å². The van der Waals surface area contributed by atoms with E-state index in [1.54, 1.807) is 13.2 Å². The Bertz CT molecular complexity index is 798. The average Bonchev–Trinajstić information content (AvgIpc) is 2.62. The van der Waals surface area contributed by atoms with Gasteiger partial charge in [-0.25, -0.2) is 4.39 Å². The number of aliphatic carboxylic acids is 1. The second-order valence-corrected chi connectivity index (χ2v) is 7.35. The number of halogens is 2. The van der Waals surface area contributed by atoms with E-state index in [2.05, 4.69) is 15.9 Å². The van der Waals surface area contributed by atoms with Gasteiger partial charge in [-0.2, -0.15) is 0 Å². The summed E-state index contributed by atoms with van der Waals surface area (Å²) in [6.45, 7) is 0.633. The molecular formula is C20H21BrFNO3. The van der Waals surface area contributed by atoms with E-state index in [1.165, 1.54) is 12.1 Å². The third kappa shape index (κ3) is 3.91. The molecule has 0 bridgehead atoms. The first kappa shape index (κ1) is 18.9. The highest BCUT2D eigenvalue weighted by molar-refractivity contribution is 9.10. The van der Waals surface area contributed by atoms with Crippen molar-refractivity contribution in [3.63, 3.8) is 0 Å². The van der Waals surface area contributed by atoms with Crippen LogP contribution in [0.2, 0.25) is 0 Å². The van der Waals surface area contributed by atoms with E-state index in [1.807, 2.05) is 29.2 Å². The van der Waals surface area contributed by atoms with E-state index in [0.717, 1.165) is 28.4 Å². The second-order valence-electron chi connectivity index (χ2n) is 6.43. The lowest BCUT2D eigenvalue weighted by Crippen LogP contribution is -2.47. The number of benzene rings is 2. The predicted molar refractivity (Wildman–Crippen MR) is 101 cm³/mol. The molecule has 3 rings (SSSR count). The molecule has 0 amide bonds. The van der Waals surface area contributed by atoms with Gasteiger partial charge in [-0.1, -0.05) is 34.5 Å².